The lowest BCUT2D eigenvalue weighted by molar-refractivity contribution is 0.414. The van der Waals surface area contributed by atoms with Gasteiger partial charge >= 0.3 is 0 Å². The van der Waals surface area contributed by atoms with E-state index in [1.807, 2.05) is 0 Å². The van der Waals surface area contributed by atoms with Gasteiger partial charge in [-0.05, 0) is 52.4 Å². The zero-order chi connectivity index (χ0) is 18.2. The maximum atomic E-state index is 5.37. The fourth-order valence-electron chi connectivity index (χ4n) is 4.24. The SMILES string of the molecule is COc1ccc(C(C2=CCc3ccccc32)c2c[nH]c3ccccc23)cc1. The average Bonchev–Trinajstić information content (AvgIpc) is 3.34. The number of aromatic nitrogens is 1. The van der Waals surface area contributed by atoms with Crippen molar-refractivity contribution in [2.45, 2.75) is 12.3 Å². The summed E-state index contributed by atoms with van der Waals surface area (Å²) in [6.45, 7) is 0. The van der Waals surface area contributed by atoms with Crippen LogP contribution >= 0.6 is 0 Å². The van der Waals surface area contributed by atoms with Crippen molar-refractivity contribution < 1.29 is 4.74 Å². The molecule has 132 valence electrons. The molecule has 0 radical (unpaired) electrons. The van der Waals surface area contributed by atoms with Crippen LogP contribution in [0.5, 0.6) is 5.75 Å². The average molecular weight is 351 g/mol. The van der Waals surface area contributed by atoms with E-state index in [2.05, 4.69) is 90.1 Å². The van der Waals surface area contributed by atoms with Crippen LogP contribution < -0.4 is 4.74 Å². The van der Waals surface area contributed by atoms with Crippen molar-refractivity contribution in [2.75, 3.05) is 7.11 Å². The minimum atomic E-state index is 0.190. The Morgan fingerprint density at radius 3 is 2.52 bits per heavy atom. The van der Waals surface area contributed by atoms with Gasteiger partial charge in [-0.25, -0.2) is 0 Å². The highest BCUT2D eigenvalue weighted by Crippen LogP contribution is 2.44. The number of hydrogen-bond donors (Lipinski definition) is 1. The molecular formula is C25H21NO. The number of benzene rings is 3. The molecule has 27 heavy (non-hydrogen) atoms. The lowest BCUT2D eigenvalue weighted by Crippen LogP contribution is -2.03. The van der Waals surface area contributed by atoms with Gasteiger partial charge in [-0.3, -0.25) is 0 Å². The van der Waals surface area contributed by atoms with Gasteiger partial charge in [-0.2, -0.15) is 0 Å². The molecule has 0 saturated carbocycles. The van der Waals surface area contributed by atoms with Crippen LogP contribution in [0.25, 0.3) is 16.5 Å². The van der Waals surface area contributed by atoms with Gasteiger partial charge in [0.15, 0.2) is 0 Å². The first-order chi connectivity index (χ1) is 13.3. The largest absolute Gasteiger partial charge is 0.497 e. The summed E-state index contributed by atoms with van der Waals surface area (Å²) in [5, 5.41) is 1.28. The topological polar surface area (TPSA) is 25.0 Å². The minimum absolute atomic E-state index is 0.190. The Bertz CT molecular complexity index is 1130. The fraction of sp³-hybridized carbons (Fsp3) is 0.120. The number of para-hydroxylation sites is 1. The first-order valence-corrected chi connectivity index (χ1v) is 9.33. The molecule has 1 aliphatic rings. The highest BCUT2D eigenvalue weighted by Gasteiger charge is 2.27. The van der Waals surface area contributed by atoms with Gasteiger partial charge in [-0.15, -0.1) is 0 Å². The molecule has 1 aliphatic carbocycles. The number of aromatic amines is 1. The molecule has 0 saturated heterocycles. The van der Waals surface area contributed by atoms with E-state index in [1.165, 1.54) is 38.7 Å². The van der Waals surface area contributed by atoms with Crippen molar-refractivity contribution in [3.63, 3.8) is 0 Å². The zero-order valence-electron chi connectivity index (χ0n) is 15.3. The molecule has 0 bridgehead atoms. The molecule has 0 spiro atoms. The second kappa shape index (κ2) is 6.48. The van der Waals surface area contributed by atoms with E-state index < -0.39 is 0 Å². The van der Waals surface area contributed by atoms with Crippen molar-refractivity contribution >= 4 is 16.5 Å². The predicted octanol–water partition coefficient (Wildman–Crippen LogP) is 5.95. The molecule has 1 atom stereocenters. The second-order valence-corrected chi connectivity index (χ2v) is 7.02. The summed E-state index contributed by atoms with van der Waals surface area (Å²) in [4.78, 5) is 3.46. The first kappa shape index (κ1) is 16.0. The van der Waals surface area contributed by atoms with Gasteiger partial charge < -0.3 is 9.72 Å². The maximum Gasteiger partial charge on any atom is 0.118 e. The van der Waals surface area contributed by atoms with E-state index in [0.717, 1.165) is 12.2 Å². The molecule has 1 unspecified atom stereocenters. The van der Waals surface area contributed by atoms with Gasteiger partial charge in [0.25, 0.3) is 0 Å². The van der Waals surface area contributed by atoms with Gasteiger partial charge in [0.2, 0.25) is 0 Å². The quantitative estimate of drug-likeness (QED) is 0.483. The van der Waals surface area contributed by atoms with Gasteiger partial charge in [0.05, 0.1) is 7.11 Å². The third-order valence-electron chi connectivity index (χ3n) is 5.56. The Hall–Kier alpha value is -3.26. The Kier molecular flexibility index (Phi) is 3.83. The Morgan fingerprint density at radius 1 is 0.889 bits per heavy atom. The monoisotopic (exact) mass is 351 g/mol. The van der Waals surface area contributed by atoms with E-state index in [9.17, 15) is 0 Å². The van der Waals surface area contributed by atoms with Crippen LogP contribution in [0.1, 0.15) is 28.2 Å². The number of allylic oxidation sites excluding steroid dienone is 2. The highest BCUT2D eigenvalue weighted by molar-refractivity contribution is 5.89. The molecule has 0 fully saturated rings. The third kappa shape index (κ3) is 2.65. The molecule has 0 amide bonds. The number of ether oxygens (including phenoxy) is 1. The predicted molar refractivity (Wildman–Crippen MR) is 111 cm³/mol. The highest BCUT2D eigenvalue weighted by atomic mass is 16.5. The molecule has 1 heterocycles. The van der Waals surface area contributed by atoms with E-state index in [1.54, 1.807) is 7.11 Å². The van der Waals surface area contributed by atoms with Crippen molar-refractivity contribution in [2.24, 2.45) is 0 Å². The summed E-state index contributed by atoms with van der Waals surface area (Å²) in [6.07, 6.45) is 5.56. The molecule has 0 aliphatic heterocycles. The fourth-order valence-corrected chi connectivity index (χ4v) is 4.24. The normalized spacial score (nSPS) is 14.0. The van der Waals surface area contributed by atoms with Crippen LogP contribution in [0.4, 0.5) is 0 Å². The summed E-state index contributed by atoms with van der Waals surface area (Å²) in [6, 6.07) is 25.8. The standard InChI is InChI=1S/C25H21NO/c1-27-19-13-10-18(11-14-19)25(22-15-12-17-6-2-3-7-20(17)22)23-16-26-24-9-5-4-8-21(23)24/h2-11,13-16,25-26H,12H2,1H3. The van der Waals surface area contributed by atoms with Gasteiger partial charge in [0.1, 0.15) is 5.75 Å². The van der Waals surface area contributed by atoms with Crippen LogP contribution in [-0.2, 0) is 6.42 Å². The molecule has 5 rings (SSSR count). The van der Waals surface area contributed by atoms with Crippen molar-refractivity contribution in [1.29, 1.82) is 0 Å². The van der Waals surface area contributed by atoms with Crippen LogP contribution in [0, 0.1) is 0 Å². The number of methoxy groups -OCH3 is 1. The van der Waals surface area contributed by atoms with E-state index in [-0.39, 0.29) is 5.92 Å². The van der Waals surface area contributed by atoms with Gasteiger partial charge in [-0.1, -0.05) is 60.7 Å². The molecular weight excluding hydrogens is 330 g/mol. The van der Waals surface area contributed by atoms with E-state index in [4.69, 9.17) is 4.74 Å². The summed E-state index contributed by atoms with van der Waals surface area (Å²) in [5.74, 6) is 1.08. The number of nitrogens with one attached hydrogen (secondary N) is 1. The van der Waals surface area contributed by atoms with Crippen LogP contribution in [-0.4, -0.2) is 12.1 Å². The summed E-state index contributed by atoms with van der Waals surface area (Å²) < 4.78 is 5.37. The van der Waals surface area contributed by atoms with Gasteiger partial charge in [0, 0.05) is 23.0 Å². The Balaban J connectivity index is 1.71. The minimum Gasteiger partial charge on any atom is -0.497 e. The number of rotatable bonds is 4. The molecule has 1 N–H and O–H groups in total. The maximum absolute atomic E-state index is 5.37. The third-order valence-corrected chi connectivity index (χ3v) is 5.56. The molecule has 1 aromatic heterocycles. The molecule has 2 nitrogen and oxygen atoms in total. The summed E-state index contributed by atoms with van der Waals surface area (Å²) in [7, 11) is 1.71. The Labute approximate surface area is 159 Å². The smallest absolute Gasteiger partial charge is 0.118 e. The number of fused-ring (bicyclic) bond motifs is 2. The molecule has 4 aromatic rings. The zero-order valence-corrected chi connectivity index (χ0v) is 15.3. The van der Waals surface area contributed by atoms with Crippen molar-refractivity contribution in [3.05, 3.63) is 107 Å². The molecule has 2 heteroatoms. The van der Waals surface area contributed by atoms with Crippen LogP contribution in [0.2, 0.25) is 0 Å². The second-order valence-electron chi connectivity index (χ2n) is 7.02. The Morgan fingerprint density at radius 2 is 1.67 bits per heavy atom. The molecule has 3 aromatic carbocycles. The van der Waals surface area contributed by atoms with Crippen LogP contribution in [0.3, 0.4) is 0 Å². The summed E-state index contributed by atoms with van der Waals surface area (Å²) in [5.41, 5.74) is 7.94. The lowest BCUT2D eigenvalue weighted by atomic mass is 9.82. The lowest BCUT2D eigenvalue weighted by Gasteiger charge is -2.21. The van der Waals surface area contributed by atoms with E-state index >= 15 is 0 Å². The number of hydrogen-bond acceptors (Lipinski definition) is 1. The number of H-pyrrole nitrogens is 1. The first-order valence-electron chi connectivity index (χ1n) is 9.33. The van der Waals surface area contributed by atoms with Crippen molar-refractivity contribution in [1.82, 2.24) is 4.98 Å². The van der Waals surface area contributed by atoms with E-state index in [0.29, 0.717) is 0 Å². The summed E-state index contributed by atoms with van der Waals surface area (Å²) >= 11 is 0. The van der Waals surface area contributed by atoms with Crippen molar-refractivity contribution in [3.8, 4) is 5.75 Å². The van der Waals surface area contributed by atoms with Crippen LogP contribution in [0.15, 0.2) is 85.1 Å².